The Morgan fingerprint density at radius 2 is 2.04 bits per heavy atom. The zero-order chi connectivity index (χ0) is 19.6. The minimum absolute atomic E-state index is 0.316. The number of para-hydroxylation sites is 1. The van der Waals surface area contributed by atoms with Crippen LogP contribution in [0, 0.1) is 12.7 Å². The van der Waals surface area contributed by atoms with Crippen LogP contribution in [0.15, 0.2) is 36.4 Å². The van der Waals surface area contributed by atoms with Gasteiger partial charge in [0, 0.05) is 31.6 Å². The van der Waals surface area contributed by atoms with Crippen LogP contribution >= 0.6 is 11.6 Å². The van der Waals surface area contributed by atoms with E-state index in [0.29, 0.717) is 29.3 Å². The first-order valence-corrected chi connectivity index (χ1v) is 8.91. The molecule has 0 saturated heterocycles. The number of aryl methyl sites for hydroxylation is 2. The average Bonchev–Trinajstić information content (AvgIpc) is 2.91. The first-order valence-electron chi connectivity index (χ1n) is 8.54. The van der Waals surface area contributed by atoms with Crippen LogP contribution in [0.1, 0.15) is 22.4 Å². The number of halogens is 2. The van der Waals surface area contributed by atoms with E-state index in [0.717, 1.165) is 28.3 Å². The summed E-state index contributed by atoms with van der Waals surface area (Å²) >= 11 is 6.37. The minimum atomic E-state index is -0.316. The number of hydrogen-bond acceptors (Lipinski definition) is 4. The highest BCUT2D eigenvalue weighted by atomic mass is 35.5. The summed E-state index contributed by atoms with van der Waals surface area (Å²) in [4.78, 5) is 0. The number of methoxy groups -OCH3 is 1. The highest BCUT2D eigenvalue weighted by molar-refractivity contribution is 6.33. The second-order valence-electron chi connectivity index (χ2n) is 6.27. The molecular formula is C20H22ClFN4O. The quantitative estimate of drug-likeness (QED) is 0.660. The predicted octanol–water partition coefficient (Wildman–Crippen LogP) is 4.32. The first-order chi connectivity index (χ1) is 12.9. The van der Waals surface area contributed by atoms with E-state index in [4.69, 9.17) is 22.1 Å². The normalized spacial score (nSPS) is 10.9. The van der Waals surface area contributed by atoms with Crippen molar-refractivity contribution in [2.24, 2.45) is 12.8 Å². The topological polar surface area (TPSA) is 65.1 Å². The highest BCUT2D eigenvalue weighted by Crippen LogP contribution is 2.32. The van der Waals surface area contributed by atoms with Crippen molar-refractivity contribution in [2.75, 3.05) is 12.4 Å². The number of anilines is 2. The zero-order valence-electron chi connectivity index (χ0n) is 15.5. The maximum atomic E-state index is 14.4. The van der Waals surface area contributed by atoms with Gasteiger partial charge in [0.15, 0.2) is 0 Å². The predicted molar refractivity (Wildman–Crippen MR) is 106 cm³/mol. The second-order valence-corrected chi connectivity index (χ2v) is 6.68. The summed E-state index contributed by atoms with van der Waals surface area (Å²) in [6.07, 6.45) is 0.389. The number of benzene rings is 2. The molecule has 1 aromatic heterocycles. The number of nitrogens with one attached hydrogen (secondary N) is 1. The maximum absolute atomic E-state index is 14.4. The van der Waals surface area contributed by atoms with Gasteiger partial charge in [-0.3, -0.25) is 4.68 Å². The Morgan fingerprint density at radius 3 is 2.70 bits per heavy atom. The molecule has 1 heterocycles. The minimum Gasteiger partial charge on any atom is -0.497 e. The molecule has 0 saturated carbocycles. The van der Waals surface area contributed by atoms with Crippen molar-refractivity contribution < 1.29 is 9.13 Å². The first kappa shape index (κ1) is 19.2. The SMILES string of the molecule is COc1ccc(Cc2c(C)nn(C)c2Nc2c(Cl)cccc2CN)c(F)c1. The standard InChI is InChI=1S/C20H22ClFN4O/c1-12-16(9-13-7-8-15(27-3)10-18(13)22)20(26(2)25-12)24-19-14(11-23)5-4-6-17(19)21/h4-8,10,24H,9,11,23H2,1-3H3. The fourth-order valence-electron chi connectivity index (χ4n) is 3.06. The van der Waals surface area contributed by atoms with E-state index in [1.807, 2.05) is 26.1 Å². The van der Waals surface area contributed by atoms with E-state index in [1.165, 1.54) is 13.2 Å². The molecule has 2 aromatic carbocycles. The average molecular weight is 389 g/mol. The third kappa shape index (κ3) is 3.91. The maximum Gasteiger partial charge on any atom is 0.132 e. The number of hydrogen-bond donors (Lipinski definition) is 2. The molecule has 3 N–H and O–H groups in total. The van der Waals surface area contributed by atoms with Crippen LogP contribution in [0.25, 0.3) is 0 Å². The number of nitrogens with zero attached hydrogens (tertiary/aromatic N) is 2. The van der Waals surface area contributed by atoms with Gasteiger partial charge in [-0.2, -0.15) is 5.10 Å². The van der Waals surface area contributed by atoms with Gasteiger partial charge in [-0.15, -0.1) is 0 Å². The number of nitrogens with two attached hydrogens (primary N) is 1. The molecule has 0 amide bonds. The van der Waals surface area contributed by atoms with Gasteiger partial charge in [0.25, 0.3) is 0 Å². The molecule has 0 spiro atoms. The third-order valence-corrected chi connectivity index (χ3v) is 4.85. The second kappa shape index (κ2) is 7.98. The van der Waals surface area contributed by atoms with E-state index in [-0.39, 0.29) is 5.82 Å². The Bertz CT molecular complexity index is 971. The Morgan fingerprint density at radius 1 is 1.26 bits per heavy atom. The lowest BCUT2D eigenvalue weighted by Gasteiger charge is -2.15. The molecule has 0 unspecified atom stereocenters. The van der Waals surface area contributed by atoms with Crippen molar-refractivity contribution in [1.82, 2.24) is 9.78 Å². The summed E-state index contributed by atoms with van der Waals surface area (Å²) in [6, 6.07) is 10.4. The molecule has 0 atom stereocenters. The molecule has 142 valence electrons. The van der Waals surface area contributed by atoms with E-state index in [9.17, 15) is 4.39 Å². The van der Waals surface area contributed by atoms with Crippen molar-refractivity contribution >= 4 is 23.1 Å². The summed E-state index contributed by atoms with van der Waals surface area (Å²) in [5, 5.41) is 8.41. The third-order valence-electron chi connectivity index (χ3n) is 4.54. The Kier molecular flexibility index (Phi) is 5.68. The van der Waals surface area contributed by atoms with Crippen LogP contribution < -0.4 is 15.8 Å². The lowest BCUT2D eigenvalue weighted by atomic mass is 10.0. The van der Waals surface area contributed by atoms with Crippen LogP contribution in [-0.4, -0.2) is 16.9 Å². The molecule has 5 nitrogen and oxygen atoms in total. The monoisotopic (exact) mass is 388 g/mol. The van der Waals surface area contributed by atoms with Gasteiger partial charge < -0.3 is 15.8 Å². The fourth-order valence-corrected chi connectivity index (χ4v) is 3.30. The lowest BCUT2D eigenvalue weighted by molar-refractivity contribution is 0.411. The van der Waals surface area contributed by atoms with Crippen molar-refractivity contribution in [2.45, 2.75) is 19.9 Å². The number of ether oxygens (including phenoxy) is 1. The Balaban J connectivity index is 2.00. The molecule has 0 bridgehead atoms. The lowest BCUT2D eigenvalue weighted by Crippen LogP contribution is -2.07. The van der Waals surface area contributed by atoms with E-state index < -0.39 is 0 Å². The molecule has 3 aromatic rings. The van der Waals surface area contributed by atoms with Gasteiger partial charge in [-0.1, -0.05) is 29.8 Å². The van der Waals surface area contributed by atoms with Crippen LogP contribution in [0.3, 0.4) is 0 Å². The van der Waals surface area contributed by atoms with Crippen molar-refractivity contribution in [3.05, 3.63) is 69.6 Å². The fraction of sp³-hybridized carbons (Fsp3) is 0.250. The molecule has 0 aliphatic heterocycles. The van der Waals surface area contributed by atoms with Crippen molar-refractivity contribution in [1.29, 1.82) is 0 Å². The smallest absolute Gasteiger partial charge is 0.132 e. The van der Waals surface area contributed by atoms with Gasteiger partial charge in [0.05, 0.1) is 23.5 Å². The molecule has 3 rings (SSSR count). The zero-order valence-corrected chi connectivity index (χ0v) is 16.3. The number of rotatable bonds is 6. The molecule has 27 heavy (non-hydrogen) atoms. The van der Waals surface area contributed by atoms with Gasteiger partial charge in [0.1, 0.15) is 17.4 Å². The van der Waals surface area contributed by atoms with Gasteiger partial charge in [0.2, 0.25) is 0 Å². The van der Waals surface area contributed by atoms with Crippen LogP contribution in [0.2, 0.25) is 5.02 Å². The summed E-state index contributed by atoms with van der Waals surface area (Å²) in [6.45, 7) is 2.25. The van der Waals surface area contributed by atoms with Crippen LogP contribution in [-0.2, 0) is 20.0 Å². The van der Waals surface area contributed by atoms with Gasteiger partial charge >= 0.3 is 0 Å². The molecule has 0 aliphatic rings. The van der Waals surface area contributed by atoms with Crippen molar-refractivity contribution in [3.8, 4) is 5.75 Å². The van der Waals surface area contributed by atoms with E-state index in [2.05, 4.69) is 10.4 Å². The Labute approximate surface area is 162 Å². The largest absolute Gasteiger partial charge is 0.497 e. The molecular weight excluding hydrogens is 367 g/mol. The molecule has 0 aliphatic carbocycles. The highest BCUT2D eigenvalue weighted by Gasteiger charge is 2.18. The van der Waals surface area contributed by atoms with E-state index >= 15 is 0 Å². The van der Waals surface area contributed by atoms with Gasteiger partial charge in [-0.05, 0) is 30.2 Å². The summed E-state index contributed by atoms with van der Waals surface area (Å²) in [7, 11) is 3.35. The van der Waals surface area contributed by atoms with Gasteiger partial charge in [-0.25, -0.2) is 4.39 Å². The van der Waals surface area contributed by atoms with E-state index in [1.54, 1.807) is 22.9 Å². The summed E-state index contributed by atoms with van der Waals surface area (Å²) < 4.78 is 21.2. The number of aromatic nitrogens is 2. The summed E-state index contributed by atoms with van der Waals surface area (Å²) in [5.41, 5.74) is 9.74. The van der Waals surface area contributed by atoms with Crippen LogP contribution in [0.4, 0.5) is 15.9 Å². The molecule has 0 radical (unpaired) electrons. The molecule has 0 fully saturated rings. The summed E-state index contributed by atoms with van der Waals surface area (Å²) in [5.74, 6) is 0.927. The Hall–Kier alpha value is -2.57. The molecule has 7 heteroatoms. The van der Waals surface area contributed by atoms with Crippen molar-refractivity contribution in [3.63, 3.8) is 0 Å². The van der Waals surface area contributed by atoms with Crippen LogP contribution in [0.5, 0.6) is 5.75 Å².